The van der Waals surface area contributed by atoms with Crippen LogP contribution in [0, 0.1) is 0 Å². The van der Waals surface area contributed by atoms with Gasteiger partial charge in [-0.2, -0.15) is 10.2 Å². The van der Waals surface area contributed by atoms with Crippen molar-refractivity contribution in [3.63, 3.8) is 0 Å². The van der Waals surface area contributed by atoms with Crippen LogP contribution in [0.4, 0.5) is 40.8 Å². The maximum atomic E-state index is 13.2. The monoisotopic (exact) mass is 718 g/mol. The molecule has 0 unspecified atom stereocenters. The van der Waals surface area contributed by atoms with Crippen LogP contribution in [0.3, 0.4) is 0 Å². The Morgan fingerprint density at radius 1 is 0.596 bits per heavy atom. The van der Waals surface area contributed by atoms with Crippen molar-refractivity contribution in [3.05, 3.63) is 83.4 Å². The summed E-state index contributed by atoms with van der Waals surface area (Å²) in [5, 5.41) is 28.7. The number of anilines is 4. The molecule has 0 aromatic carbocycles. The molecule has 3 saturated carbocycles. The molecule has 4 heterocycles. The Bertz CT molecular complexity index is 1750. The van der Waals surface area contributed by atoms with Gasteiger partial charge in [0.25, 0.3) is 11.8 Å². The Morgan fingerprint density at radius 3 is 1.42 bits per heavy atom. The first-order valence-electron chi connectivity index (χ1n) is 17.4. The molecule has 0 aliphatic heterocycles. The second-order valence-corrected chi connectivity index (χ2v) is 13.9. The van der Waals surface area contributed by atoms with Crippen LogP contribution in [0.5, 0.6) is 0 Å². The molecular formula is C36H38F4N10O2. The maximum Gasteiger partial charge on any atom is 0.252 e. The fraction of sp³-hybridized carbons (Fsp3) is 0.444. The van der Waals surface area contributed by atoms with Crippen molar-refractivity contribution in [3.8, 4) is 0 Å². The number of hydrogen-bond donors (Lipinski definition) is 4. The van der Waals surface area contributed by atoms with Gasteiger partial charge in [0, 0.05) is 49.6 Å². The van der Waals surface area contributed by atoms with E-state index < -0.39 is 11.8 Å². The molecule has 2 atom stereocenters. The molecule has 3 fully saturated rings. The summed E-state index contributed by atoms with van der Waals surface area (Å²) in [6, 6.07) is 16.7. The highest BCUT2D eigenvalue weighted by Crippen LogP contribution is 2.41. The SMILES string of the molecule is O=C(Cc1cccc(NC2CC(F)(F)C2)n1)Nc1ccc([C@H]2CCC[C@H](c3ccc(NC(=O)Cc4cccc(NC5CC(F)(F)C5)n4)nn3)C2)nn1. The summed E-state index contributed by atoms with van der Waals surface area (Å²) in [7, 11) is 0. The molecule has 272 valence electrons. The van der Waals surface area contributed by atoms with Gasteiger partial charge in [0.1, 0.15) is 11.6 Å². The van der Waals surface area contributed by atoms with E-state index in [0.717, 1.165) is 37.1 Å². The minimum atomic E-state index is -2.63. The molecule has 12 nitrogen and oxygen atoms in total. The van der Waals surface area contributed by atoms with Crippen LogP contribution >= 0.6 is 0 Å². The van der Waals surface area contributed by atoms with Crippen molar-refractivity contribution in [1.82, 2.24) is 30.4 Å². The van der Waals surface area contributed by atoms with E-state index >= 15 is 0 Å². The van der Waals surface area contributed by atoms with E-state index in [0.29, 0.717) is 34.7 Å². The van der Waals surface area contributed by atoms with Crippen LogP contribution in [0.2, 0.25) is 0 Å². The number of alkyl halides is 4. The van der Waals surface area contributed by atoms with Gasteiger partial charge in [0.05, 0.1) is 35.6 Å². The van der Waals surface area contributed by atoms with E-state index in [1.54, 1.807) is 48.5 Å². The van der Waals surface area contributed by atoms with E-state index in [9.17, 15) is 27.2 Å². The molecule has 0 radical (unpaired) electrons. The summed E-state index contributed by atoms with van der Waals surface area (Å²) in [5.74, 6) is -4.07. The molecule has 3 aliphatic carbocycles. The Hall–Kier alpha value is -5.28. The molecule has 3 aliphatic rings. The predicted molar refractivity (Wildman–Crippen MR) is 184 cm³/mol. The summed E-state index contributed by atoms with van der Waals surface area (Å²) in [5.41, 5.74) is 2.64. The van der Waals surface area contributed by atoms with Crippen LogP contribution in [-0.4, -0.2) is 66.1 Å². The van der Waals surface area contributed by atoms with E-state index in [2.05, 4.69) is 51.6 Å². The topological polar surface area (TPSA) is 160 Å². The third-order valence-corrected chi connectivity index (χ3v) is 9.60. The van der Waals surface area contributed by atoms with Gasteiger partial charge in [-0.1, -0.05) is 18.6 Å². The smallest absolute Gasteiger partial charge is 0.252 e. The first-order chi connectivity index (χ1) is 24.9. The molecule has 16 heteroatoms. The molecule has 0 spiro atoms. The van der Waals surface area contributed by atoms with E-state index in [1.165, 1.54) is 0 Å². The first-order valence-corrected chi connectivity index (χ1v) is 17.4. The Labute approximate surface area is 297 Å². The van der Waals surface area contributed by atoms with Gasteiger partial charge in [0.2, 0.25) is 11.8 Å². The third kappa shape index (κ3) is 9.14. The first kappa shape index (κ1) is 35.1. The van der Waals surface area contributed by atoms with Gasteiger partial charge < -0.3 is 21.3 Å². The van der Waals surface area contributed by atoms with Crippen molar-refractivity contribution in [2.45, 2.75) is 100.0 Å². The highest BCUT2D eigenvalue weighted by molar-refractivity contribution is 5.91. The van der Waals surface area contributed by atoms with Crippen LogP contribution in [0.25, 0.3) is 0 Å². The Balaban J connectivity index is 0.868. The van der Waals surface area contributed by atoms with Gasteiger partial charge in [0.15, 0.2) is 11.6 Å². The van der Waals surface area contributed by atoms with Gasteiger partial charge in [-0.25, -0.2) is 27.5 Å². The number of carbonyl (C=O) groups is 2. The van der Waals surface area contributed by atoms with E-state index in [-0.39, 0.29) is 74.3 Å². The zero-order valence-corrected chi connectivity index (χ0v) is 28.2. The van der Waals surface area contributed by atoms with Gasteiger partial charge in [-0.3, -0.25) is 9.59 Å². The number of nitrogens with zero attached hydrogens (tertiary/aromatic N) is 6. The lowest BCUT2D eigenvalue weighted by molar-refractivity contribution is -0.116. The lowest BCUT2D eigenvalue weighted by atomic mass is 9.78. The van der Waals surface area contributed by atoms with Crippen molar-refractivity contribution in [2.24, 2.45) is 0 Å². The number of halogens is 4. The minimum Gasteiger partial charge on any atom is -0.367 e. The van der Waals surface area contributed by atoms with Gasteiger partial charge in [-0.05, 0) is 67.8 Å². The molecular weight excluding hydrogens is 680 g/mol. The fourth-order valence-corrected chi connectivity index (χ4v) is 6.95. The second-order valence-electron chi connectivity index (χ2n) is 13.9. The summed E-state index contributed by atoms with van der Waals surface area (Å²) < 4.78 is 52.6. The van der Waals surface area contributed by atoms with Gasteiger partial charge in [-0.15, -0.1) is 10.2 Å². The normalized spacial score (nSPS) is 20.9. The zero-order valence-electron chi connectivity index (χ0n) is 28.2. The highest BCUT2D eigenvalue weighted by atomic mass is 19.3. The van der Waals surface area contributed by atoms with E-state index in [4.69, 9.17) is 0 Å². The van der Waals surface area contributed by atoms with Crippen molar-refractivity contribution in [2.75, 3.05) is 21.3 Å². The molecule has 2 amide bonds. The zero-order chi connectivity index (χ0) is 36.3. The summed E-state index contributed by atoms with van der Waals surface area (Å²) >= 11 is 0. The maximum absolute atomic E-state index is 13.2. The molecule has 4 aromatic rings. The van der Waals surface area contributed by atoms with Crippen molar-refractivity contribution < 1.29 is 27.2 Å². The average Bonchev–Trinajstić information content (AvgIpc) is 3.08. The molecule has 0 bridgehead atoms. The largest absolute Gasteiger partial charge is 0.367 e. The molecule has 4 N–H and O–H groups in total. The van der Waals surface area contributed by atoms with E-state index in [1.807, 2.05) is 12.1 Å². The summed E-state index contributed by atoms with van der Waals surface area (Å²) in [6.07, 6.45) is 2.69. The summed E-state index contributed by atoms with van der Waals surface area (Å²) in [4.78, 5) is 34.1. The highest BCUT2D eigenvalue weighted by Gasteiger charge is 2.46. The minimum absolute atomic E-state index is 0.00973. The van der Waals surface area contributed by atoms with Gasteiger partial charge >= 0.3 is 0 Å². The number of nitrogens with one attached hydrogen (secondary N) is 4. The predicted octanol–water partition coefficient (Wildman–Crippen LogP) is 6.28. The van der Waals surface area contributed by atoms with Crippen molar-refractivity contribution >= 4 is 35.1 Å². The van der Waals surface area contributed by atoms with Crippen LogP contribution in [0.1, 0.15) is 86.0 Å². The number of pyridine rings is 2. The number of amides is 2. The average molecular weight is 719 g/mol. The molecule has 4 aromatic heterocycles. The van der Waals surface area contributed by atoms with Crippen molar-refractivity contribution in [1.29, 1.82) is 0 Å². The Kier molecular flexibility index (Phi) is 9.97. The summed E-state index contributed by atoms with van der Waals surface area (Å²) in [6.45, 7) is 0. The molecule has 52 heavy (non-hydrogen) atoms. The number of aromatic nitrogens is 6. The fourth-order valence-electron chi connectivity index (χ4n) is 6.95. The molecule has 0 saturated heterocycles. The third-order valence-electron chi connectivity index (χ3n) is 9.60. The lowest BCUT2D eigenvalue weighted by Crippen LogP contribution is -2.44. The quantitative estimate of drug-likeness (QED) is 0.123. The van der Waals surface area contributed by atoms with Crippen LogP contribution < -0.4 is 21.3 Å². The second kappa shape index (κ2) is 14.8. The Morgan fingerprint density at radius 2 is 1.04 bits per heavy atom. The van der Waals surface area contributed by atoms with Crippen LogP contribution in [-0.2, 0) is 22.4 Å². The number of carbonyl (C=O) groups excluding carboxylic acids is 2. The molecule has 7 rings (SSSR count). The number of hydrogen-bond acceptors (Lipinski definition) is 10. The van der Waals surface area contributed by atoms with Crippen LogP contribution in [0.15, 0.2) is 60.7 Å². The number of rotatable bonds is 12. The standard InChI is InChI=1S/C36H38F4N10O2/c37-35(38)17-25(18-35)43-29-8-2-6-23(41-29)15-33(51)45-31-12-10-27(47-49-31)21-4-1-5-22(14-21)28-11-13-32(50-48-28)46-34(52)16-24-7-3-9-30(42-24)44-26-19-36(39,40)20-26/h2-3,6-13,21-22,25-26H,1,4-5,14-20H2,(H,41,43)(H,42,44)(H,45,49,51)(H,46,50,52)/t21-,22-/m0/s1. The lowest BCUT2D eigenvalue weighted by Gasteiger charge is -2.35.